The lowest BCUT2D eigenvalue weighted by Gasteiger charge is -2.22. The zero-order valence-electron chi connectivity index (χ0n) is 14.0. The summed E-state index contributed by atoms with van der Waals surface area (Å²) >= 11 is 0. The minimum absolute atomic E-state index is 0.0402. The van der Waals surface area contributed by atoms with Crippen molar-refractivity contribution in [2.45, 2.75) is 58.5 Å². The minimum atomic E-state index is -3.46. The Bertz CT molecular complexity index is 559. The molecule has 0 aliphatic carbocycles. The molecular formula is C15H29N3O2S. The summed E-state index contributed by atoms with van der Waals surface area (Å²) < 4.78 is 29.6. The molecule has 0 saturated heterocycles. The van der Waals surface area contributed by atoms with Crippen molar-refractivity contribution in [3.63, 3.8) is 0 Å². The number of hydrogen-bond acceptors (Lipinski definition) is 3. The van der Waals surface area contributed by atoms with Gasteiger partial charge < -0.3 is 9.88 Å². The maximum absolute atomic E-state index is 12.4. The molecule has 1 heterocycles. The van der Waals surface area contributed by atoms with Gasteiger partial charge in [-0.2, -0.15) is 0 Å². The summed E-state index contributed by atoms with van der Waals surface area (Å²) in [6.07, 6.45) is 2.64. The van der Waals surface area contributed by atoms with Gasteiger partial charge in [-0.15, -0.1) is 0 Å². The van der Waals surface area contributed by atoms with Crippen LogP contribution in [0.25, 0.3) is 0 Å². The summed E-state index contributed by atoms with van der Waals surface area (Å²) in [5.41, 5.74) is 0.934. The lowest BCUT2D eigenvalue weighted by Crippen LogP contribution is -2.33. The highest BCUT2D eigenvalue weighted by molar-refractivity contribution is 7.89. The average molecular weight is 315 g/mol. The van der Waals surface area contributed by atoms with Crippen LogP contribution in [0.1, 0.15) is 52.8 Å². The Labute approximate surface area is 129 Å². The number of rotatable bonds is 8. The van der Waals surface area contributed by atoms with E-state index in [1.54, 1.807) is 12.3 Å². The average Bonchev–Trinajstić information content (AvgIpc) is 2.82. The number of hydrogen-bond donors (Lipinski definition) is 2. The highest BCUT2D eigenvalue weighted by atomic mass is 32.2. The maximum Gasteiger partial charge on any atom is 0.242 e. The van der Waals surface area contributed by atoms with Gasteiger partial charge in [-0.05, 0) is 38.8 Å². The summed E-state index contributed by atoms with van der Waals surface area (Å²) in [5, 5.41) is 3.07. The van der Waals surface area contributed by atoms with Gasteiger partial charge in [0.25, 0.3) is 0 Å². The third kappa shape index (κ3) is 4.83. The van der Waals surface area contributed by atoms with E-state index in [0.29, 0.717) is 18.0 Å². The van der Waals surface area contributed by atoms with Crippen LogP contribution < -0.4 is 10.0 Å². The summed E-state index contributed by atoms with van der Waals surface area (Å²) in [6, 6.07) is 1.97. The number of sulfonamides is 1. The van der Waals surface area contributed by atoms with Crippen LogP contribution in [0, 0.1) is 5.41 Å². The van der Waals surface area contributed by atoms with Gasteiger partial charge in [0.1, 0.15) is 0 Å². The predicted molar refractivity (Wildman–Crippen MR) is 86.8 cm³/mol. The van der Waals surface area contributed by atoms with Gasteiger partial charge in [0.05, 0.1) is 4.90 Å². The molecular weight excluding hydrogens is 286 g/mol. The fourth-order valence-corrected chi connectivity index (χ4v) is 3.24. The van der Waals surface area contributed by atoms with E-state index in [2.05, 4.69) is 30.8 Å². The van der Waals surface area contributed by atoms with Crippen molar-refractivity contribution >= 4 is 10.0 Å². The van der Waals surface area contributed by atoms with Crippen molar-refractivity contribution in [3.8, 4) is 0 Å². The predicted octanol–water partition coefficient (Wildman–Crippen LogP) is 2.50. The Kier molecular flexibility index (Phi) is 6.01. The summed E-state index contributed by atoms with van der Waals surface area (Å²) in [4.78, 5) is 0.341. The molecule has 0 atom stereocenters. The topological polar surface area (TPSA) is 63.1 Å². The van der Waals surface area contributed by atoms with Crippen molar-refractivity contribution in [2.24, 2.45) is 5.41 Å². The number of nitrogens with zero attached hydrogens (tertiary/aromatic N) is 1. The second-order valence-electron chi connectivity index (χ2n) is 6.54. The Hall–Kier alpha value is -0.850. The Balaban J connectivity index is 3.01. The van der Waals surface area contributed by atoms with E-state index >= 15 is 0 Å². The van der Waals surface area contributed by atoms with Crippen molar-refractivity contribution in [3.05, 3.63) is 18.0 Å². The second-order valence-corrected chi connectivity index (χ2v) is 8.31. The van der Waals surface area contributed by atoms with Gasteiger partial charge in [-0.1, -0.05) is 20.8 Å². The highest BCUT2D eigenvalue weighted by Crippen LogP contribution is 2.22. The fraction of sp³-hybridized carbons (Fsp3) is 0.733. The molecule has 0 spiro atoms. The zero-order valence-corrected chi connectivity index (χ0v) is 14.8. The molecule has 6 heteroatoms. The SMILES string of the molecule is CCC(C)(C)CNS(=O)(=O)c1cc(CNC)n(C(C)C)c1. The molecule has 1 aromatic rings. The standard InChI is InChI=1S/C15H29N3O2S/c1-7-15(4,5)11-17-21(19,20)14-8-13(9-16-6)18(10-14)12(2)3/h8,10,12,16-17H,7,9,11H2,1-6H3. The molecule has 0 saturated carbocycles. The van der Waals surface area contributed by atoms with Crippen LogP contribution in [0.3, 0.4) is 0 Å². The maximum atomic E-state index is 12.4. The Morgan fingerprint density at radius 3 is 2.43 bits per heavy atom. The van der Waals surface area contributed by atoms with Crippen LogP contribution in [0.2, 0.25) is 0 Å². The van der Waals surface area contributed by atoms with Crippen LogP contribution >= 0.6 is 0 Å². The molecule has 0 fully saturated rings. The molecule has 0 aliphatic heterocycles. The van der Waals surface area contributed by atoms with Gasteiger partial charge >= 0.3 is 0 Å². The van der Waals surface area contributed by atoms with Crippen molar-refractivity contribution in [2.75, 3.05) is 13.6 Å². The molecule has 0 unspecified atom stereocenters. The first-order valence-corrected chi connectivity index (χ1v) is 8.96. The van der Waals surface area contributed by atoms with Crippen LogP contribution in [0.5, 0.6) is 0 Å². The molecule has 2 N–H and O–H groups in total. The summed E-state index contributed by atoms with van der Waals surface area (Å²) in [5.74, 6) is 0. The van der Waals surface area contributed by atoms with E-state index in [1.165, 1.54) is 0 Å². The molecule has 122 valence electrons. The quantitative estimate of drug-likeness (QED) is 0.775. The largest absolute Gasteiger partial charge is 0.346 e. The molecule has 0 aromatic carbocycles. The first kappa shape index (κ1) is 18.2. The number of aromatic nitrogens is 1. The van der Waals surface area contributed by atoms with Crippen molar-refractivity contribution < 1.29 is 8.42 Å². The third-order valence-corrected chi connectivity index (χ3v) is 5.20. The van der Waals surface area contributed by atoms with Crippen molar-refractivity contribution in [1.29, 1.82) is 0 Å². The monoisotopic (exact) mass is 315 g/mol. The van der Waals surface area contributed by atoms with E-state index in [9.17, 15) is 8.42 Å². The van der Waals surface area contributed by atoms with Crippen LogP contribution in [0.15, 0.2) is 17.2 Å². The number of nitrogens with one attached hydrogen (secondary N) is 2. The van der Waals surface area contributed by atoms with E-state index in [0.717, 1.165) is 12.1 Å². The van der Waals surface area contributed by atoms with Gasteiger partial charge in [-0.25, -0.2) is 13.1 Å². The van der Waals surface area contributed by atoms with Gasteiger partial charge in [0.2, 0.25) is 10.0 Å². The second kappa shape index (κ2) is 6.94. The van der Waals surface area contributed by atoms with E-state index in [4.69, 9.17) is 0 Å². The lowest BCUT2D eigenvalue weighted by molar-refractivity contribution is 0.350. The van der Waals surface area contributed by atoms with Gasteiger partial charge in [0, 0.05) is 31.0 Å². The first-order valence-electron chi connectivity index (χ1n) is 7.48. The molecule has 0 amide bonds. The first-order chi connectivity index (χ1) is 9.63. The van der Waals surface area contributed by atoms with Crippen LogP contribution in [-0.4, -0.2) is 26.6 Å². The van der Waals surface area contributed by atoms with E-state index < -0.39 is 10.0 Å². The normalized spacial score (nSPS) is 13.1. The Morgan fingerprint density at radius 2 is 1.95 bits per heavy atom. The molecule has 21 heavy (non-hydrogen) atoms. The molecule has 0 bridgehead atoms. The Morgan fingerprint density at radius 1 is 1.33 bits per heavy atom. The van der Waals surface area contributed by atoms with Crippen molar-refractivity contribution in [1.82, 2.24) is 14.6 Å². The minimum Gasteiger partial charge on any atom is -0.346 e. The summed E-state index contributed by atoms with van der Waals surface area (Å²) in [7, 11) is -1.60. The fourth-order valence-electron chi connectivity index (χ4n) is 1.95. The zero-order chi connectivity index (χ0) is 16.3. The molecule has 0 radical (unpaired) electrons. The molecule has 1 rings (SSSR count). The smallest absolute Gasteiger partial charge is 0.242 e. The highest BCUT2D eigenvalue weighted by Gasteiger charge is 2.23. The third-order valence-electron chi connectivity index (χ3n) is 3.83. The van der Waals surface area contributed by atoms with Gasteiger partial charge in [-0.3, -0.25) is 0 Å². The summed E-state index contributed by atoms with van der Waals surface area (Å²) in [6.45, 7) is 11.4. The van der Waals surface area contributed by atoms with E-state index in [1.807, 2.05) is 25.5 Å². The van der Waals surface area contributed by atoms with E-state index in [-0.39, 0.29) is 11.5 Å². The van der Waals surface area contributed by atoms with Crippen LogP contribution in [-0.2, 0) is 16.6 Å². The van der Waals surface area contributed by atoms with Crippen LogP contribution in [0.4, 0.5) is 0 Å². The molecule has 1 aromatic heterocycles. The lowest BCUT2D eigenvalue weighted by atomic mass is 9.91. The van der Waals surface area contributed by atoms with Gasteiger partial charge in [0.15, 0.2) is 0 Å². The molecule has 5 nitrogen and oxygen atoms in total. The molecule has 0 aliphatic rings.